The SMILES string of the molecule is c1ccc(-c2nc(-c3ccccc3)nc(-c3cccc(-c4ccc5c6ccc(-c7nc8ccccc8n7-c7ccccc7)cc6c6ccccc6c5c4)c3)n2)cc1. The Morgan fingerprint density at radius 3 is 1.39 bits per heavy atom. The summed E-state index contributed by atoms with van der Waals surface area (Å²) in [5.41, 5.74) is 9.27. The van der Waals surface area contributed by atoms with Crippen LogP contribution in [0.3, 0.4) is 0 Å². The van der Waals surface area contributed by atoms with E-state index in [4.69, 9.17) is 19.9 Å². The molecule has 9 aromatic carbocycles. The van der Waals surface area contributed by atoms with Crippen LogP contribution in [0.4, 0.5) is 0 Å². The van der Waals surface area contributed by atoms with Crippen LogP contribution in [0, 0.1) is 0 Å². The molecule has 11 aromatic rings. The van der Waals surface area contributed by atoms with Crippen molar-refractivity contribution >= 4 is 43.4 Å². The molecule has 0 radical (unpaired) electrons. The maximum atomic E-state index is 5.17. The molecule has 0 aliphatic carbocycles. The molecule has 0 aliphatic rings. The lowest BCUT2D eigenvalue weighted by Gasteiger charge is -2.14. The van der Waals surface area contributed by atoms with Crippen molar-refractivity contribution in [1.29, 1.82) is 0 Å². The van der Waals surface area contributed by atoms with Gasteiger partial charge in [-0.1, -0.05) is 158 Å². The molecular weight excluding hydrogens is 695 g/mol. The van der Waals surface area contributed by atoms with Gasteiger partial charge < -0.3 is 0 Å². The van der Waals surface area contributed by atoms with Gasteiger partial charge in [0.15, 0.2) is 17.5 Å². The van der Waals surface area contributed by atoms with Gasteiger partial charge in [-0.3, -0.25) is 4.57 Å². The van der Waals surface area contributed by atoms with Crippen molar-refractivity contribution < 1.29 is 0 Å². The zero-order valence-corrected chi connectivity index (χ0v) is 30.8. The Morgan fingerprint density at radius 2 is 0.737 bits per heavy atom. The van der Waals surface area contributed by atoms with Gasteiger partial charge in [-0.2, -0.15) is 0 Å². The van der Waals surface area contributed by atoms with Crippen LogP contribution in [-0.2, 0) is 0 Å². The maximum absolute atomic E-state index is 5.17. The number of benzene rings is 9. The highest BCUT2D eigenvalue weighted by Crippen LogP contribution is 2.40. The molecule has 0 amide bonds. The molecule has 266 valence electrons. The minimum absolute atomic E-state index is 0.637. The van der Waals surface area contributed by atoms with Crippen LogP contribution in [0.25, 0.3) is 106 Å². The molecule has 0 saturated carbocycles. The fourth-order valence-electron chi connectivity index (χ4n) is 8.11. The zero-order chi connectivity index (χ0) is 37.7. The monoisotopic (exact) mass is 727 g/mol. The van der Waals surface area contributed by atoms with E-state index in [2.05, 4.69) is 144 Å². The predicted molar refractivity (Wildman–Crippen MR) is 234 cm³/mol. The van der Waals surface area contributed by atoms with Crippen molar-refractivity contribution in [3.05, 3.63) is 200 Å². The maximum Gasteiger partial charge on any atom is 0.164 e. The molecule has 11 rings (SSSR count). The highest BCUT2D eigenvalue weighted by atomic mass is 15.1. The Balaban J connectivity index is 1.04. The quantitative estimate of drug-likeness (QED) is 0.160. The van der Waals surface area contributed by atoms with E-state index in [-0.39, 0.29) is 0 Å². The lowest BCUT2D eigenvalue weighted by atomic mass is 9.91. The molecule has 2 heterocycles. The molecule has 0 unspecified atom stereocenters. The Morgan fingerprint density at radius 1 is 0.281 bits per heavy atom. The lowest BCUT2D eigenvalue weighted by molar-refractivity contribution is 1.07. The molecule has 0 spiro atoms. The number of fused-ring (bicyclic) bond motifs is 7. The minimum atomic E-state index is 0.637. The number of hydrogen-bond donors (Lipinski definition) is 0. The van der Waals surface area contributed by atoms with E-state index in [0.717, 1.165) is 55.9 Å². The Bertz CT molecular complexity index is 3200. The molecule has 57 heavy (non-hydrogen) atoms. The summed E-state index contributed by atoms with van der Waals surface area (Å²) in [7, 11) is 0. The fourth-order valence-corrected chi connectivity index (χ4v) is 8.11. The number of hydrogen-bond acceptors (Lipinski definition) is 4. The molecule has 0 atom stereocenters. The molecule has 5 heteroatoms. The van der Waals surface area contributed by atoms with Crippen molar-refractivity contribution in [1.82, 2.24) is 24.5 Å². The molecule has 0 bridgehead atoms. The Labute approximate surface area is 329 Å². The molecule has 0 fully saturated rings. The first-order valence-corrected chi connectivity index (χ1v) is 19.1. The average Bonchev–Trinajstić information content (AvgIpc) is 3.69. The van der Waals surface area contributed by atoms with Crippen LogP contribution in [0.15, 0.2) is 200 Å². The first-order valence-electron chi connectivity index (χ1n) is 19.1. The molecule has 5 nitrogen and oxygen atoms in total. The summed E-state index contributed by atoms with van der Waals surface area (Å²) in [5.74, 6) is 2.86. The van der Waals surface area contributed by atoms with Gasteiger partial charge in [0.05, 0.1) is 11.0 Å². The third-order valence-corrected chi connectivity index (χ3v) is 10.8. The summed E-state index contributed by atoms with van der Waals surface area (Å²) in [6, 6.07) is 70.0. The van der Waals surface area contributed by atoms with Crippen molar-refractivity contribution in [2.24, 2.45) is 0 Å². The average molecular weight is 728 g/mol. The van der Waals surface area contributed by atoms with Crippen LogP contribution in [-0.4, -0.2) is 24.5 Å². The van der Waals surface area contributed by atoms with Crippen molar-refractivity contribution in [3.63, 3.8) is 0 Å². The van der Waals surface area contributed by atoms with Gasteiger partial charge in [-0.25, -0.2) is 19.9 Å². The first kappa shape index (κ1) is 32.7. The van der Waals surface area contributed by atoms with Crippen LogP contribution in [0.2, 0.25) is 0 Å². The van der Waals surface area contributed by atoms with Gasteiger partial charge in [0.25, 0.3) is 0 Å². The summed E-state index contributed by atoms with van der Waals surface area (Å²) < 4.78 is 2.27. The summed E-state index contributed by atoms with van der Waals surface area (Å²) in [6.45, 7) is 0. The second kappa shape index (κ2) is 13.5. The summed E-state index contributed by atoms with van der Waals surface area (Å²) in [5, 5.41) is 7.26. The largest absolute Gasteiger partial charge is 0.292 e. The second-order valence-electron chi connectivity index (χ2n) is 14.3. The summed E-state index contributed by atoms with van der Waals surface area (Å²) in [4.78, 5) is 20.1. The summed E-state index contributed by atoms with van der Waals surface area (Å²) in [6.07, 6.45) is 0. The smallest absolute Gasteiger partial charge is 0.164 e. The van der Waals surface area contributed by atoms with Gasteiger partial charge in [-0.15, -0.1) is 0 Å². The molecule has 2 aromatic heterocycles. The first-order chi connectivity index (χ1) is 28.2. The van der Waals surface area contributed by atoms with E-state index >= 15 is 0 Å². The highest BCUT2D eigenvalue weighted by molar-refractivity contribution is 6.26. The minimum Gasteiger partial charge on any atom is -0.292 e. The van der Waals surface area contributed by atoms with E-state index in [0.29, 0.717) is 17.5 Å². The molecular formula is C52H33N5. The Hall–Kier alpha value is -7.76. The third kappa shape index (κ3) is 5.72. The highest BCUT2D eigenvalue weighted by Gasteiger charge is 2.18. The van der Waals surface area contributed by atoms with Crippen molar-refractivity contribution in [2.75, 3.05) is 0 Å². The standard InChI is InChI=1S/C52H33N5/c1-4-15-34(16-5-1)49-54-50(35-17-6-2-7-18-35)56-51(55-49)38-20-14-19-36(31-38)37-27-29-43-44-30-28-39(33-46(44)42-24-11-10-23-41(42)45(43)32-37)52-53-47-25-12-13-26-48(47)57(52)40-21-8-3-9-22-40/h1-33H. The number of nitrogens with zero attached hydrogens (tertiary/aromatic N) is 5. The zero-order valence-electron chi connectivity index (χ0n) is 30.8. The molecule has 0 saturated heterocycles. The predicted octanol–water partition coefficient (Wildman–Crippen LogP) is 13.0. The van der Waals surface area contributed by atoms with Crippen LogP contribution in [0.5, 0.6) is 0 Å². The van der Waals surface area contributed by atoms with Gasteiger partial charge in [0.1, 0.15) is 5.82 Å². The third-order valence-electron chi connectivity index (χ3n) is 10.8. The fraction of sp³-hybridized carbons (Fsp3) is 0. The van der Waals surface area contributed by atoms with Crippen LogP contribution >= 0.6 is 0 Å². The molecule has 0 N–H and O–H groups in total. The van der Waals surface area contributed by atoms with E-state index < -0.39 is 0 Å². The van der Waals surface area contributed by atoms with E-state index in [1.807, 2.05) is 60.7 Å². The Kier molecular flexibility index (Phi) is 7.74. The van der Waals surface area contributed by atoms with E-state index in [9.17, 15) is 0 Å². The van der Waals surface area contributed by atoms with Gasteiger partial charge in [-0.05, 0) is 85.9 Å². The number of imidazole rings is 1. The van der Waals surface area contributed by atoms with E-state index in [1.54, 1.807) is 0 Å². The van der Waals surface area contributed by atoms with Gasteiger partial charge in [0.2, 0.25) is 0 Å². The van der Waals surface area contributed by atoms with Gasteiger partial charge in [0, 0.05) is 27.9 Å². The summed E-state index contributed by atoms with van der Waals surface area (Å²) >= 11 is 0. The van der Waals surface area contributed by atoms with Crippen LogP contribution in [0.1, 0.15) is 0 Å². The van der Waals surface area contributed by atoms with Crippen LogP contribution < -0.4 is 0 Å². The number of rotatable bonds is 6. The van der Waals surface area contributed by atoms with Gasteiger partial charge >= 0.3 is 0 Å². The van der Waals surface area contributed by atoms with Crippen molar-refractivity contribution in [3.8, 4) is 62.4 Å². The van der Waals surface area contributed by atoms with Crippen molar-refractivity contribution in [2.45, 2.75) is 0 Å². The molecule has 0 aliphatic heterocycles. The topological polar surface area (TPSA) is 56.5 Å². The van der Waals surface area contributed by atoms with E-state index in [1.165, 1.54) is 32.3 Å². The second-order valence-corrected chi connectivity index (χ2v) is 14.3. The number of aromatic nitrogens is 5. The normalized spacial score (nSPS) is 11.5. The number of para-hydroxylation sites is 3. The lowest BCUT2D eigenvalue weighted by Crippen LogP contribution is -2.00.